The van der Waals surface area contributed by atoms with Gasteiger partial charge in [0.2, 0.25) is 5.89 Å². The molecule has 4 nitrogen and oxygen atoms in total. The van der Waals surface area contributed by atoms with Crippen LogP contribution in [0.2, 0.25) is 0 Å². The van der Waals surface area contributed by atoms with E-state index < -0.39 is 5.69 Å². The molecular weight excluding hydrogens is 132 g/mol. The lowest BCUT2D eigenvalue weighted by Gasteiger charge is -1.95. The first-order valence-electron chi connectivity index (χ1n) is 3.23. The van der Waals surface area contributed by atoms with Crippen LogP contribution in [0.5, 0.6) is 0 Å². The molecule has 1 rings (SSSR count). The Hall–Kier alpha value is -1.06. The van der Waals surface area contributed by atoms with Crippen LogP contribution in [0.4, 0.5) is 0 Å². The Morgan fingerprint density at radius 1 is 1.70 bits per heavy atom. The average molecular weight is 142 g/mol. The summed E-state index contributed by atoms with van der Waals surface area (Å²) in [6, 6.07) is 0. The van der Waals surface area contributed by atoms with Crippen molar-refractivity contribution in [3.8, 4) is 0 Å². The van der Waals surface area contributed by atoms with Gasteiger partial charge >= 0.3 is 5.69 Å². The summed E-state index contributed by atoms with van der Waals surface area (Å²) in [5, 5.41) is 2.13. The highest BCUT2D eigenvalue weighted by molar-refractivity contribution is 4.75. The number of aromatic amines is 1. The Morgan fingerprint density at radius 2 is 2.40 bits per heavy atom. The van der Waals surface area contributed by atoms with Crippen molar-refractivity contribution >= 4 is 0 Å². The maximum Gasteiger partial charge on any atom is 0.377 e. The van der Waals surface area contributed by atoms with Crippen LogP contribution >= 0.6 is 0 Å². The van der Waals surface area contributed by atoms with Gasteiger partial charge in [-0.1, -0.05) is 13.8 Å². The van der Waals surface area contributed by atoms with Crippen molar-refractivity contribution in [1.82, 2.24) is 10.1 Å². The molecule has 0 bridgehead atoms. The zero-order valence-corrected chi connectivity index (χ0v) is 6.05. The van der Waals surface area contributed by atoms with Gasteiger partial charge in [0.05, 0.1) is 0 Å². The largest absolute Gasteiger partial charge is 0.377 e. The van der Waals surface area contributed by atoms with Crippen molar-refractivity contribution in [2.75, 3.05) is 0 Å². The Kier molecular flexibility index (Phi) is 1.89. The summed E-state index contributed by atoms with van der Waals surface area (Å²) in [6.07, 6.45) is 0.707. The minimum absolute atomic E-state index is 0.407. The normalized spacial score (nSPS) is 10.7. The molecule has 0 aliphatic heterocycles. The van der Waals surface area contributed by atoms with Crippen LogP contribution in [0.1, 0.15) is 19.7 Å². The van der Waals surface area contributed by atoms with E-state index in [0.29, 0.717) is 18.2 Å². The molecule has 1 aromatic heterocycles. The van der Waals surface area contributed by atoms with E-state index in [2.05, 4.69) is 10.1 Å². The van der Waals surface area contributed by atoms with Crippen molar-refractivity contribution in [3.63, 3.8) is 0 Å². The Balaban J connectivity index is 2.67. The molecule has 1 N–H and O–H groups in total. The number of rotatable bonds is 2. The lowest BCUT2D eigenvalue weighted by Crippen LogP contribution is -2.02. The van der Waals surface area contributed by atoms with Gasteiger partial charge in [-0.25, -0.2) is 4.79 Å². The second kappa shape index (κ2) is 2.68. The molecule has 0 spiro atoms. The van der Waals surface area contributed by atoms with Crippen LogP contribution in [-0.2, 0) is 6.42 Å². The molecule has 0 fully saturated rings. The maximum absolute atomic E-state index is 10.4. The number of nitrogens with zero attached hydrogens (tertiary/aromatic N) is 1. The predicted octanol–water partition coefficient (Wildman–Crippen LogP) is 0.561. The predicted molar refractivity (Wildman–Crippen MR) is 35.7 cm³/mol. The van der Waals surface area contributed by atoms with Crippen molar-refractivity contribution in [1.29, 1.82) is 0 Å². The quantitative estimate of drug-likeness (QED) is 0.656. The van der Waals surface area contributed by atoms with Gasteiger partial charge in [0.25, 0.3) is 0 Å². The first kappa shape index (κ1) is 7.05. The number of aromatic nitrogens is 2. The summed E-state index contributed by atoms with van der Waals surface area (Å²) in [5.41, 5.74) is -0.407. The van der Waals surface area contributed by atoms with Gasteiger partial charge < -0.3 is 4.52 Å². The molecule has 0 radical (unpaired) electrons. The molecule has 1 aromatic rings. The highest BCUT2D eigenvalue weighted by Crippen LogP contribution is 2.00. The molecule has 0 aliphatic carbocycles. The zero-order valence-electron chi connectivity index (χ0n) is 6.05. The fourth-order valence-electron chi connectivity index (χ4n) is 0.698. The lowest BCUT2D eigenvalue weighted by molar-refractivity contribution is 0.359. The molecule has 1 heterocycles. The molecule has 0 unspecified atom stereocenters. The van der Waals surface area contributed by atoms with Crippen LogP contribution in [0, 0.1) is 5.92 Å². The van der Waals surface area contributed by atoms with Crippen LogP contribution < -0.4 is 5.69 Å². The van der Waals surface area contributed by atoms with Gasteiger partial charge in [0.15, 0.2) is 0 Å². The van der Waals surface area contributed by atoms with E-state index in [4.69, 9.17) is 4.52 Å². The van der Waals surface area contributed by atoms with Gasteiger partial charge in [0.1, 0.15) is 0 Å². The van der Waals surface area contributed by atoms with Crippen molar-refractivity contribution < 1.29 is 4.52 Å². The van der Waals surface area contributed by atoms with E-state index >= 15 is 0 Å². The summed E-state index contributed by atoms with van der Waals surface area (Å²) < 4.78 is 4.73. The van der Waals surface area contributed by atoms with Crippen molar-refractivity contribution in [2.45, 2.75) is 20.3 Å². The zero-order chi connectivity index (χ0) is 7.56. The minimum atomic E-state index is -0.407. The molecule has 0 atom stereocenters. The smallest absolute Gasteiger partial charge is 0.362 e. The summed E-state index contributed by atoms with van der Waals surface area (Å²) in [5.74, 6) is 0.950. The second-order valence-corrected chi connectivity index (χ2v) is 2.61. The molecule has 56 valence electrons. The fraction of sp³-hybridized carbons (Fsp3) is 0.667. The molecular formula is C6H10N2O2. The summed E-state index contributed by atoms with van der Waals surface area (Å²) in [7, 11) is 0. The van der Waals surface area contributed by atoms with E-state index in [0.717, 1.165) is 0 Å². The van der Waals surface area contributed by atoms with Gasteiger partial charge in [-0.05, 0) is 5.92 Å². The third-order valence-electron chi connectivity index (χ3n) is 1.07. The maximum atomic E-state index is 10.4. The topological polar surface area (TPSA) is 58.9 Å². The molecule has 0 aliphatic rings. The average Bonchev–Trinajstić information content (AvgIpc) is 2.13. The van der Waals surface area contributed by atoms with Crippen LogP contribution in [0.3, 0.4) is 0 Å². The summed E-state index contributed by atoms with van der Waals surface area (Å²) >= 11 is 0. The first-order valence-corrected chi connectivity index (χ1v) is 3.23. The molecule has 0 saturated heterocycles. The monoisotopic (exact) mass is 142 g/mol. The van der Waals surface area contributed by atoms with Gasteiger partial charge in [-0.2, -0.15) is 10.1 Å². The highest BCUT2D eigenvalue weighted by Gasteiger charge is 2.02. The molecule has 0 aromatic carbocycles. The summed E-state index contributed by atoms with van der Waals surface area (Å²) in [6.45, 7) is 4.07. The van der Waals surface area contributed by atoms with E-state index in [-0.39, 0.29) is 0 Å². The van der Waals surface area contributed by atoms with Crippen LogP contribution in [-0.4, -0.2) is 10.1 Å². The van der Waals surface area contributed by atoms with E-state index in [1.54, 1.807) is 0 Å². The molecule has 4 heteroatoms. The lowest BCUT2D eigenvalue weighted by atomic mass is 10.1. The molecule has 0 amide bonds. The highest BCUT2D eigenvalue weighted by atomic mass is 16.5. The van der Waals surface area contributed by atoms with Gasteiger partial charge in [-0.3, -0.25) is 0 Å². The molecule has 0 saturated carbocycles. The van der Waals surface area contributed by atoms with Crippen LogP contribution in [0.15, 0.2) is 9.32 Å². The van der Waals surface area contributed by atoms with E-state index in [1.807, 2.05) is 13.8 Å². The Morgan fingerprint density at radius 3 is 2.80 bits per heavy atom. The van der Waals surface area contributed by atoms with Crippen molar-refractivity contribution in [2.24, 2.45) is 5.92 Å². The minimum Gasteiger partial charge on any atom is -0.362 e. The third-order valence-corrected chi connectivity index (χ3v) is 1.07. The first-order chi connectivity index (χ1) is 4.68. The SMILES string of the molecule is CC(C)Cc1nc(=O)[nH]o1. The fourth-order valence-corrected chi connectivity index (χ4v) is 0.698. The second-order valence-electron chi connectivity index (χ2n) is 2.61. The van der Waals surface area contributed by atoms with Crippen molar-refractivity contribution in [3.05, 3.63) is 16.4 Å². The van der Waals surface area contributed by atoms with Gasteiger partial charge in [0, 0.05) is 6.42 Å². The number of H-pyrrole nitrogens is 1. The number of hydrogen-bond donors (Lipinski definition) is 1. The van der Waals surface area contributed by atoms with E-state index in [9.17, 15) is 4.79 Å². The summed E-state index contributed by atoms with van der Waals surface area (Å²) in [4.78, 5) is 14.0. The Labute approximate surface area is 58.2 Å². The number of hydrogen-bond acceptors (Lipinski definition) is 3. The third kappa shape index (κ3) is 1.72. The Bertz CT molecular complexity index is 248. The molecule has 10 heavy (non-hydrogen) atoms. The standard InChI is InChI=1S/C6H10N2O2/c1-4(2)3-5-7-6(9)8-10-5/h4H,3H2,1-2H3,(H,8,9). The number of nitrogens with one attached hydrogen (secondary N) is 1. The van der Waals surface area contributed by atoms with E-state index in [1.165, 1.54) is 0 Å². The van der Waals surface area contributed by atoms with Gasteiger partial charge in [-0.15, -0.1) is 0 Å². The van der Waals surface area contributed by atoms with Crippen LogP contribution in [0.25, 0.3) is 0 Å².